The SMILES string of the molecule is Cc1cc(C(=O)O)cc(C(=O)N2CCOCC2C)c1. The molecule has 0 spiro atoms. The Hall–Kier alpha value is -1.88. The predicted octanol–water partition coefficient (Wildman–Crippen LogP) is 1.55. The number of amides is 1. The van der Waals surface area contributed by atoms with Crippen LogP contribution in [0.3, 0.4) is 0 Å². The summed E-state index contributed by atoms with van der Waals surface area (Å²) in [6.45, 7) is 5.28. The summed E-state index contributed by atoms with van der Waals surface area (Å²) in [5.41, 5.74) is 1.33. The number of ether oxygens (including phenoxy) is 1. The standard InChI is InChI=1S/C14H17NO4/c1-9-5-11(7-12(6-9)14(17)18)13(16)15-3-4-19-8-10(15)2/h5-7,10H,3-4,8H2,1-2H3,(H,17,18). The zero-order valence-corrected chi connectivity index (χ0v) is 11.0. The van der Waals surface area contributed by atoms with E-state index in [4.69, 9.17) is 9.84 Å². The lowest BCUT2D eigenvalue weighted by molar-refractivity contribution is 0.00359. The maximum absolute atomic E-state index is 12.4. The van der Waals surface area contributed by atoms with Crippen LogP contribution in [0.15, 0.2) is 18.2 Å². The lowest BCUT2D eigenvalue weighted by Gasteiger charge is -2.33. The molecule has 1 fully saturated rings. The smallest absolute Gasteiger partial charge is 0.335 e. The van der Waals surface area contributed by atoms with E-state index < -0.39 is 5.97 Å². The molecule has 1 saturated heterocycles. The molecule has 0 bridgehead atoms. The molecule has 0 aromatic heterocycles. The van der Waals surface area contributed by atoms with Crippen molar-refractivity contribution in [3.05, 3.63) is 34.9 Å². The van der Waals surface area contributed by atoms with Gasteiger partial charge in [-0.3, -0.25) is 4.79 Å². The topological polar surface area (TPSA) is 66.8 Å². The molecule has 0 saturated carbocycles. The zero-order chi connectivity index (χ0) is 14.0. The van der Waals surface area contributed by atoms with E-state index in [1.807, 2.05) is 6.92 Å². The Morgan fingerprint density at radius 1 is 1.32 bits per heavy atom. The van der Waals surface area contributed by atoms with Crippen LogP contribution >= 0.6 is 0 Å². The summed E-state index contributed by atoms with van der Waals surface area (Å²) >= 11 is 0. The van der Waals surface area contributed by atoms with E-state index in [1.54, 1.807) is 24.0 Å². The van der Waals surface area contributed by atoms with Gasteiger partial charge in [-0.25, -0.2) is 4.79 Å². The van der Waals surface area contributed by atoms with E-state index >= 15 is 0 Å². The third kappa shape index (κ3) is 2.93. The fraction of sp³-hybridized carbons (Fsp3) is 0.429. The quantitative estimate of drug-likeness (QED) is 0.879. The van der Waals surface area contributed by atoms with E-state index in [0.717, 1.165) is 5.56 Å². The van der Waals surface area contributed by atoms with E-state index in [-0.39, 0.29) is 17.5 Å². The highest BCUT2D eigenvalue weighted by Gasteiger charge is 2.25. The molecule has 102 valence electrons. The number of nitrogens with zero attached hydrogens (tertiary/aromatic N) is 1. The Labute approximate surface area is 111 Å². The Morgan fingerprint density at radius 3 is 2.63 bits per heavy atom. The zero-order valence-electron chi connectivity index (χ0n) is 11.0. The molecular weight excluding hydrogens is 246 g/mol. The monoisotopic (exact) mass is 263 g/mol. The van der Waals surface area contributed by atoms with Gasteiger partial charge in [0.15, 0.2) is 0 Å². The first-order valence-electron chi connectivity index (χ1n) is 6.22. The van der Waals surface area contributed by atoms with Crippen molar-refractivity contribution in [3.8, 4) is 0 Å². The van der Waals surface area contributed by atoms with Crippen molar-refractivity contribution >= 4 is 11.9 Å². The molecule has 1 N–H and O–H groups in total. The van der Waals surface area contributed by atoms with Gasteiger partial charge in [0.2, 0.25) is 0 Å². The maximum atomic E-state index is 12.4. The Balaban J connectivity index is 2.30. The molecule has 2 rings (SSSR count). The Morgan fingerprint density at radius 2 is 2.00 bits per heavy atom. The van der Waals surface area contributed by atoms with Crippen LogP contribution < -0.4 is 0 Å². The van der Waals surface area contributed by atoms with Crippen LogP contribution in [0, 0.1) is 6.92 Å². The summed E-state index contributed by atoms with van der Waals surface area (Å²) in [5, 5.41) is 9.03. The number of aromatic carboxylic acids is 1. The number of rotatable bonds is 2. The second kappa shape index (κ2) is 5.40. The molecule has 19 heavy (non-hydrogen) atoms. The summed E-state index contributed by atoms with van der Waals surface area (Å²) in [4.78, 5) is 25.2. The van der Waals surface area contributed by atoms with Crippen molar-refractivity contribution in [1.82, 2.24) is 4.90 Å². The van der Waals surface area contributed by atoms with Gasteiger partial charge in [-0.1, -0.05) is 0 Å². The molecule has 1 aliphatic heterocycles. The van der Waals surface area contributed by atoms with Crippen molar-refractivity contribution < 1.29 is 19.4 Å². The van der Waals surface area contributed by atoms with Crippen LogP contribution in [0.2, 0.25) is 0 Å². The maximum Gasteiger partial charge on any atom is 0.335 e. The number of carboxylic acids is 1. The largest absolute Gasteiger partial charge is 0.478 e. The summed E-state index contributed by atoms with van der Waals surface area (Å²) < 4.78 is 5.30. The van der Waals surface area contributed by atoms with Crippen LogP contribution in [-0.4, -0.2) is 47.7 Å². The molecule has 1 aromatic rings. The summed E-state index contributed by atoms with van der Waals surface area (Å²) in [6, 6.07) is 4.72. The van der Waals surface area contributed by atoms with Crippen molar-refractivity contribution in [1.29, 1.82) is 0 Å². The normalized spacial score (nSPS) is 19.3. The fourth-order valence-corrected chi connectivity index (χ4v) is 2.22. The molecule has 5 heteroatoms. The minimum Gasteiger partial charge on any atom is -0.478 e. The van der Waals surface area contributed by atoms with Gasteiger partial charge in [0.25, 0.3) is 5.91 Å². The van der Waals surface area contributed by atoms with Crippen LogP contribution in [0.4, 0.5) is 0 Å². The minimum absolute atomic E-state index is 0.00930. The lowest BCUT2D eigenvalue weighted by atomic mass is 10.0. The summed E-state index contributed by atoms with van der Waals surface area (Å²) in [6.07, 6.45) is 0. The van der Waals surface area contributed by atoms with Crippen LogP contribution in [-0.2, 0) is 4.74 Å². The first-order valence-corrected chi connectivity index (χ1v) is 6.22. The number of carbonyl (C=O) groups excluding carboxylic acids is 1. The Bertz CT molecular complexity index is 512. The van der Waals surface area contributed by atoms with Gasteiger partial charge in [0.1, 0.15) is 0 Å². The van der Waals surface area contributed by atoms with Gasteiger partial charge < -0.3 is 14.7 Å². The first kappa shape index (κ1) is 13.5. The molecule has 0 aliphatic carbocycles. The molecule has 1 amide bonds. The number of carbonyl (C=O) groups is 2. The van der Waals surface area contributed by atoms with Gasteiger partial charge in [0.05, 0.1) is 24.8 Å². The van der Waals surface area contributed by atoms with E-state index in [0.29, 0.717) is 25.3 Å². The number of morpholine rings is 1. The van der Waals surface area contributed by atoms with Crippen molar-refractivity contribution in [2.24, 2.45) is 0 Å². The molecule has 1 heterocycles. The molecule has 1 atom stereocenters. The molecule has 0 radical (unpaired) electrons. The van der Waals surface area contributed by atoms with Crippen molar-refractivity contribution in [2.75, 3.05) is 19.8 Å². The highest BCUT2D eigenvalue weighted by atomic mass is 16.5. The third-order valence-corrected chi connectivity index (χ3v) is 3.20. The third-order valence-electron chi connectivity index (χ3n) is 3.20. The summed E-state index contributed by atoms with van der Waals surface area (Å²) in [7, 11) is 0. The number of aryl methyl sites for hydroxylation is 1. The molecule has 5 nitrogen and oxygen atoms in total. The number of hydrogen-bond donors (Lipinski definition) is 1. The summed E-state index contributed by atoms with van der Waals surface area (Å²) in [5.74, 6) is -1.16. The second-order valence-electron chi connectivity index (χ2n) is 4.82. The highest BCUT2D eigenvalue weighted by molar-refractivity contribution is 5.98. The van der Waals surface area contributed by atoms with Gasteiger partial charge in [-0.15, -0.1) is 0 Å². The van der Waals surface area contributed by atoms with Crippen LogP contribution in [0.1, 0.15) is 33.2 Å². The molecule has 1 aromatic carbocycles. The minimum atomic E-state index is -1.02. The molecule has 1 aliphatic rings. The first-order chi connectivity index (χ1) is 8.99. The average molecular weight is 263 g/mol. The highest BCUT2D eigenvalue weighted by Crippen LogP contribution is 2.16. The van der Waals surface area contributed by atoms with Crippen LogP contribution in [0.25, 0.3) is 0 Å². The predicted molar refractivity (Wildman–Crippen MR) is 69.5 cm³/mol. The lowest BCUT2D eigenvalue weighted by Crippen LogP contribution is -2.47. The van der Waals surface area contributed by atoms with Gasteiger partial charge in [-0.2, -0.15) is 0 Å². The number of hydrogen-bond acceptors (Lipinski definition) is 3. The molecule has 1 unspecified atom stereocenters. The van der Waals surface area contributed by atoms with E-state index in [2.05, 4.69) is 0 Å². The van der Waals surface area contributed by atoms with Gasteiger partial charge in [0, 0.05) is 12.1 Å². The van der Waals surface area contributed by atoms with Crippen molar-refractivity contribution in [2.45, 2.75) is 19.9 Å². The average Bonchev–Trinajstić information content (AvgIpc) is 2.37. The molecular formula is C14H17NO4. The van der Waals surface area contributed by atoms with Crippen molar-refractivity contribution in [3.63, 3.8) is 0 Å². The van der Waals surface area contributed by atoms with Gasteiger partial charge >= 0.3 is 5.97 Å². The Kier molecular flexibility index (Phi) is 3.85. The fourth-order valence-electron chi connectivity index (χ4n) is 2.22. The number of carboxylic acid groups (broad SMARTS) is 1. The van der Waals surface area contributed by atoms with Crippen LogP contribution in [0.5, 0.6) is 0 Å². The van der Waals surface area contributed by atoms with Gasteiger partial charge in [-0.05, 0) is 37.6 Å². The van der Waals surface area contributed by atoms with E-state index in [9.17, 15) is 9.59 Å². The second-order valence-corrected chi connectivity index (χ2v) is 4.82. The number of benzene rings is 1. The van der Waals surface area contributed by atoms with E-state index in [1.165, 1.54) is 6.07 Å².